The van der Waals surface area contributed by atoms with Gasteiger partial charge >= 0.3 is 0 Å². The van der Waals surface area contributed by atoms with Crippen molar-refractivity contribution in [3.8, 4) is 0 Å². The van der Waals surface area contributed by atoms with Gasteiger partial charge in [-0.2, -0.15) is 0 Å². The van der Waals surface area contributed by atoms with E-state index in [9.17, 15) is 4.79 Å². The van der Waals surface area contributed by atoms with Crippen molar-refractivity contribution in [2.75, 3.05) is 23.3 Å². The molecule has 6 heteroatoms. The van der Waals surface area contributed by atoms with Crippen molar-refractivity contribution in [2.45, 2.75) is 26.2 Å². The highest BCUT2D eigenvalue weighted by molar-refractivity contribution is 7.12. The molecule has 1 aliphatic rings. The number of carbonyl (C=O) groups is 1. The topological polar surface area (TPSA) is 58.1 Å². The van der Waals surface area contributed by atoms with Crippen LogP contribution in [0.25, 0.3) is 10.9 Å². The smallest absolute Gasteiger partial charge is 0.265 e. The van der Waals surface area contributed by atoms with Gasteiger partial charge in [0, 0.05) is 24.2 Å². The predicted molar refractivity (Wildman–Crippen MR) is 103 cm³/mol. The number of piperidine rings is 1. The van der Waals surface area contributed by atoms with Crippen LogP contribution in [-0.2, 0) is 0 Å². The van der Waals surface area contributed by atoms with Crippen molar-refractivity contribution < 1.29 is 4.79 Å². The fraction of sp³-hybridized carbons (Fsp3) is 0.316. The van der Waals surface area contributed by atoms with E-state index in [1.54, 1.807) is 6.33 Å². The monoisotopic (exact) mass is 352 g/mol. The second kappa shape index (κ2) is 6.80. The van der Waals surface area contributed by atoms with Gasteiger partial charge in [0.2, 0.25) is 0 Å². The van der Waals surface area contributed by atoms with Gasteiger partial charge in [0.1, 0.15) is 12.1 Å². The number of rotatable bonds is 3. The van der Waals surface area contributed by atoms with Crippen LogP contribution in [0.2, 0.25) is 0 Å². The summed E-state index contributed by atoms with van der Waals surface area (Å²) < 4.78 is 0. The van der Waals surface area contributed by atoms with Crippen molar-refractivity contribution in [1.82, 2.24) is 9.97 Å². The summed E-state index contributed by atoms with van der Waals surface area (Å²) in [7, 11) is 0. The third-order valence-corrected chi connectivity index (χ3v) is 5.61. The van der Waals surface area contributed by atoms with E-state index in [1.807, 2.05) is 36.6 Å². The number of carbonyl (C=O) groups excluding carboxylic acids is 1. The fourth-order valence-corrected chi connectivity index (χ4v) is 4.09. The van der Waals surface area contributed by atoms with E-state index in [1.165, 1.54) is 30.6 Å². The lowest BCUT2D eigenvalue weighted by atomic mass is 10.1. The average molecular weight is 352 g/mol. The molecule has 0 aliphatic carbocycles. The number of aromatic nitrogens is 2. The zero-order valence-electron chi connectivity index (χ0n) is 14.2. The first kappa shape index (κ1) is 16.0. The number of thiophene rings is 1. The number of nitrogens with one attached hydrogen (secondary N) is 1. The summed E-state index contributed by atoms with van der Waals surface area (Å²) in [6.45, 7) is 4.00. The Morgan fingerprint density at radius 3 is 2.76 bits per heavy atom. The van der Waals surface area contributed by atoms with Crippen LogP contribution >= 0.6 is 11.3 Å². The molecule has 25 heavy (non-hydrogen) atoms. The third kappa shape index (κ3) is 3.22. The Bertz CT molecular complexity index is 915. The van der Waals surface area contributed by atoms with E-state index in [0.717, 1.165) is 45.9 Å². The minimum atomic E-state index is -0.0665. The highest BCUT2D eigenvalue weighted by atomic mass is 32.1. The summed E-state index contributed by atoms with van der Waals surface area (Å²) in [5, 5.41) is 5.93. The number of fused-ring (bicyclic) bond motifs is 1. The summed E-state index contributed by atoms with van der Waals surface area (Å²) in [6, 6.07) is 7.79. The van der Waals surface area contributed by atoms with E-state index in [-0.39, 0.29) is 5.91 Å². The van der Waals surface area contributed by atoms with Gasteiger partial charge in [-0.3, -0.25) is 4.79 Å². The van der Waals surface area contributed by atoms with Gasteiger partial charge in [0.25, 0.3) is 5.91 Å². The summed E-state index contributed by atoms with van der Waals surface area (Å²) >= 11 is 1.46. The summed E-state index contributed by atoms with van der Waals surface area (Å²) in [4.78, 5) is 24.4. The molecule has 4 rings (SSSR count). The number of hydrogen-bond donors (Lipinski definition) is 1. The van der Waals surface area contributed by atoms with Gasteiger partial charge in [-0.05, 0) is 61.4 Å². The minimum Gasteiger partial charge on any atom is -0.356 e. The molecule has 0 atom stereocenters. The standard InChI is InChI=1S/C19H20N4OS/c1-13-7-10-25-17(13)19(24)22-14-5-6-16-15(11-14)18(21-12-20-16)23-8-3-2-4-9-23/h5-7,10-12H,2-4,8-9H2,1H3,(H,22,24). The molecule has 1 aromatic carbocycles. The molecule has 1 N–H and O–H groups in total. The number of aryl methyl sites for hydroxylation is 1. The van der Waals surface area contributed by atoms with E-state index in [2.05, 4.69) is 20.2 Å². The van der Waals surface area contributed by atoms with Gasteiger partial charge in [-0.25, -0.2) is 9.97 Å². The SMILES string of the molecule is Cc1ccsc1C(=O)Nc1ccc2ncnc(N3CCCCC3)c2c1. The van der Waals surface area contributed by atoms with Crippen LogP contribution in [0.1, 0.15) is 34.5 Å². The Hall–Kier alpha value is -2.47. The Balaban J connectivity index is 1.67. The molecule has 0 unspecified atom stereocenters. The maximum Gasteiger partial charge on any atom is 0.265 e. The van der Waals surface area contributed by atoms with Crippen LogP contribution in [0, 0.1) is 6.92 Å². The molecule has 1 aliphatic heterocycles. The van der Waals surface area contributed by atoms with E-state index in [4.69, 9.17) is 0 Å². The highest BCUT2D eigenvalue weighted by Gasteiger charge is 2.16. The Kier molecular flexibility index (Phi) is 4.36. The van der Waals surface area contributed by atoms with Gasteiger partial charge in [-0.1, -0.05) is 0 Å². The molecule has 0 radical (unpaired) electrons. The maximum absolute atomic E-state index is 12.5. The Morgan fingerprint density at radius 1 is 1.16 bits per heavy atom. The highest BCUT2D eigenvalue weighted by Crippen LogP contribution is 2.28. The van der Waals surface area contributed by atoms with Gasteiger partial charge < -0.3 is 10.2 Å². The average Bonchev–Trinajstić information content (AvgIpc) is 3.08. The second-order valence-electron chi connectivity index (χ2n) is 6.36. The minimum absolute atomic E-state index is 0.0665. The van der Waals surface area contributed by atoms with Crippen LogP contribution < -0.4 is 10.2 Å². The first-order chi connectivity index (χ1) is 12.2. The van der Waals surface area contributed by atoms with Crippen molar-refractivity contribution >= 4 is 39.7 Å². The molecule has 2 aromatic heterocycles. The van der Waals surface area contributed by atoms with Crippen LogP contribution in [0.15, 0.2) is 36.0 Å². The molecule has 0 spiro atoms. The lowest BCUT2D eigenvalue weighted by Crippen LogP contribution is -2.30. The van der Waals surface area contributed by atoms with Crippen molar-refractivity contribution in [3.05, 3.63) is 46.4 Å². The molecule has 1 amide bonds. The van der Waals surface area contributed by atoms with Gasteiger partial charge in [-0.15, -0.1) is 11.3 Å². The zero-order chi connectivity index (χ0) is 17.2. The van der Waals surface area contributed by atoms with Crippen molar-refractivity contribution in [2.24, 2.45) is 0 Å². The maximum atomic E-state index is 12.5. The number of anilines is 2. The van der Waals surface area contributed by atoms with Crippen LogP contribution in [-0.4, -0.2) is 29.0 Å². The first-order valence-corrected chi connectivity index (χ1v) is 9.45. The second-order valence-corrected chi connectivity index (χ2v) is 7.28. The normalized spacial score (nSPS) is 14.7. The van der Waals surface area contributed by atoms with E-state index >= 15 is 0 Å². The van der Waals surface area contributed by atoms with Crippen LogP contribution in [0.5, 0.6) is 0 Å². The summed E-state index contributed by atoms with van der Waals surface area (Å²) in [5.41, 5.74) is 2.68. The van der Waals surface area contributed by atoms with Crippen LogP contribution in [0.4, 0.5) is 11.5 Å². The molecular formula is C19H20N4OS. The Labute approximate surface area is 150 Å². The zero-order valence-corrected chi connectivity index (χ0v) is 15.0. The molecule has 3 aromatic rings. The van der Waals surface area contributed by atoms with Crippen molar-refractivity contribution in [3.63, 3.8) is 0 Å². The van der Waals surface area contributed by atoms with Crippen LogP contribution in [0.3, 0.4) is 0 Å². The predicted octanol–water partition coefficient (Wildman–Crippen LogP) is 4.24. The molecule has 0 bridgehead atoms. The Morgan fingerprint density at radius 2 is 2.00 bits per heavy atom. The number of hydrogen-bond acceptors (Lipinski definition) is 5. The number of amides is 1. The fourth-order valence-electron chi connectivity index (χ4n) is 3.27. The summed E-state index contributed by atoms with van der Waals surface area (Å²) in [6.07, 6.45) is 5.29. The summed E-state index contributed by atoms with van der Waals surface area (Å²) in [5.74, 6) is 0.899. The third-order valence-electron chi connectivity index (χ3n) is 4.60. The molecule has 5 nitrogen and oxygen atoms in total. The molecular weight excluding hydrogens is 332 g/mol. The number of benzene rings is 1. The quantitative estimate of drug-likeness (QED) is 0.766. The van der Waals surface area contributed by atoms with Gasteiger partial charge in [0.05, 0.1) is 10.4 Å². The molecule has 1 fully saturated rings. The first-order valence-electron chi connectivity index (χ1n) is 8.57. The van der Waals surface area contributed by atoms with E-state index < -0.39 is 0 Å². The molecule has 128 valence electrons. The molecule has 1 saturated heterocycles. The van der Waals surface area contributed by atoms with Crippen molar-refractivity contribution in [1.29, 1.82) is 0 Å². The molecule has 3 heterocycles. The lowest BCUT2D eigenvalue weighted by molar-refractivity contribution is 0.103. The lowest BCUT2D eigenvalue weighted by Gasteiger charge is -2.28. The molecule has 0 saturated carbocycles. The largest absolute Gasteiger partial charge is 0.356 e. The van der Waals surface area contributed by atoms with Gasteiger partial charge in [0.15, 0.2) is 0 Å². The number of nitrogens with zero attached hydrogens (tertiary/aromatic N) is 3. The van der Waals surface area contributed by atoms with E-state index in [0.29, 0.717) is 0 Å².